The van der Waals surface area contributed by atoms with Crippen LogP contribution in [-0.2, 0) is 11.2 Å². The first-order valence-electron chi connectivity index (χ1n) is 8.75. The molecule has 0 saturated carbocycles. The Kier molecular flexibility index (Phi) is 5.66. The molecule has 27 heavy (non-hydrogen) atoms. The minimum atomic E-state index is -0.388. The molecule has 0 aromatic heterocycles. The normalized spacial score (nSPS) is 13.9. The molecular formula is C21H21N3O3. The molecule has 138 valence electrons. The fraction of sp³-hybridized carbons (Fsp3) is 0.190. The van der Waals surface area contributed by atoms with Crippen molar-refractivity contribution in [3.63, 3.8) is 0 Å². The molecule has 0 aliphatic carbocycles. The highest BCUT2D eigenvalue weighted by Crippen LogP contribution is 2.23. The summed E-state index contributed by atoms with van der Waals surface area (Å²) in [4.78, 5) is 25.9. The number of rotatable bonds is 6. The second-order valence-corrected chi connectivity index (χ2v) is 6.25. The second kappa shape index (κ2) is 8.31. The summed E-state index contributed by atoms with van der Waals surface area (Å²) in [5, 5.41) is 14.1. The Morgan fingerprint density at radius 2 is 2.11 bits per heavy atom. The first-order chi connectivity index (χ1) is 13.1. The Bertz CT molecular complexity index is 905. The molecule has 0 bridgehead atoms. The van der Waals surface area contributed by atoms with Gasteiger partial charge in [-0.1, -0.05) is 24.3 Å². The summed E-state index contributed by atoms with van der Waals surface area (Å²) in [6.07, 6.45) is 5.01. The first kappa shape index (κ1) is 18.4. The molecule has 6 nitrogen and oxygen atoms in total. The Hall–Kier alpha value is -3.41. The number of anilines is 1. The van der Waals surface area contributed by atoms with Gasteiger partial charge in [0.25, 0.3) is 5.91 Å². The van der Waals surface area contributed by atoms with E-state index in [2.05, 4.69) is 17.1 Å². The van der Waals surface area contributed by atoms with Crippen LogP contribution >= 0.6 is 0 Å². The van der Waals surface area contributed by atoms with E-state index in [9.17, 15) is 14.7 Å². The largest absolute Gasteiger partial charge is 0.507 e. The van der Waals surface area contributed by atoms with E-state index in [-0.39, 0.29) is 17.6 Å². The number of nitrogens with one attached hydrogen (secondary N) is 1. The highest BCUT2D eigenvalue weighted by atomic mass is 16.3. The van der Waals surface area contributed by atoms with Crippen molar-refractivity contribution >= 4 is 23.7 Å². The highest BCUT2D eigenvalue weighted by Gasteiger charge is 2.22. The first-order valence-corrected chi connectivity index (χ1v) is 8.75. The monoisotopic (exact) mass is 363 g/mol. The van der Waals surface area contributed by atoms with Crippen LogP contribution in [0.25, 0.3) is 0 Å². The van der Waals surface area contributed by atoms with Crippen LogP contribution in [0.3, 0.4) is 0 Å². The third-order valence-electron chi connectivity index (χ3n) is 4.38. The van der Waals surface area contributed by atoms with Gasteiger partial charge in [0.15, 0.2) is 0 Å². The van der Waals surface area contributed by atoms with E-state index in [0.29, 0.717) is 36.2 Å². The third-order valence-corrected chi connectivity index (χ3v) is 4.38. The predicted molar refractivity (Wildman–Crippen MR) is 105 cm³/mol. The Morgan fingerprint density at radius 1 is 1.30 bits per heavy atom. The van der Waals surface area contributed by atoms with E-state index in [1.807, 2.05) is 6.07 Å². The van der Waals surface area contributed by atoms with Gasteiger partial charge in [-0.3, -0.25) is 9.59 Å². The van der Waals surface area contributed by atoms with Crippen LogP contribution in [0, 0.1) is 0 Å². The molecule has 6 heteroatoms. The molecule has 1 aliphatic rings. The summed E-state index contributed by atoms with van der Waals surface area (Å²) in [5.74, 6) is -0.202. The SMILES string of the molecule is C=CCc1cccc(/C=N/NC(=O)c2cccc(N3CCCC3=O)c2)c1O. The number of carbonyl (C=O) groups excluding carboxylic acids is 2. The minimum absolute atomic E-state index is 0.0699. The van der Waals surface area contributed by atoms with Crippen LogP contribution in [0.2, 0.25) is 0 Å². The molecule has 0 spiro atoms. The lowest BCUT2D eigenvalue weighted by Gasteiger charge is -2.16. The molecule has 1 fully saturated rings. The number of nitrogens with zero attached hydrogens (tertiary/aromatic N) is 2. The summed E-state index contributed by atoms with van der Waals surface area (Å²) < 4.78 is 0. The van der Waals surface area contributed by atoms with Crippen molar-refractivity contribution in [2.24, 2.45) is 5.10 Å². The molecule has 1 saturated heterocycles. The van der Waals surface area contributed by atoms with Crippen LogP contribution in [0.15, 0.2) is 60.2 Å². The topological polar surface area (TPSA) is 82.0 Å². The predicted octanol–water partition coefficient (Wildman–Crippen LogP) is 3.01. The highest BCUT2D eigenvalue weighted by molar-refractivity contribution is 5.99. The lowest BCUT2D eigenvalue weighted by atomic mass is 10.1. The summed E-state index contributed by atoms with van der Waals surface area (Å²) >= 11 is 0. The average molecular weight is 363 g/mol. The van der Waals surface area contributed by atoms with Crippen LogP contribution in [-0.4, -0.2) is 29.7 Å². The zero-order valence-electron chi connectivity index (χ0n) is 14.9. The molecule has 0 radical (unpaired) electrons. The second-order valence-electron chi connectivity index (χ2n) is 6.25. The van der Waals surface area contributed by atoms with Gasteiger partial charge >= 0.3 is 0 Å². The molecule has 0 atom stereocenters. The van der Waals surface area contributed by atoms with Crippen LogP contribution in [0.1, 0.15) is 34.3 Å². The number of allylic oxidation sites excluding steroid dienone is 1. The van der Waals surface area contributed by atoms with Gasteiger partial charge in [-0.25, -0.2) is 5.43 Å². The Balaban J connectivity index is 1.69. The zero-order chi connectivity index (χ0) is 19.2. The van der Waals surface area contributed by atoms with Crippen LogP contribution in [0.4, 0.5) is 5.69 Å². The molecule has 3 rings (SSSR count). The van der Waals surface area contributed by atoms with Gasteiger partial charge in [0.05, 0.1) is 6.21 Å². The number of hydrazone groups is 1. The zero-order valence-corrected chi connectivity index (χ0v) is 14.9. The molecule has 2 amide bonds. The van der Waals surface area contributed by atoms with Crippen molar-refractivity contribution in [3.8, 4) is 5.75 Å². The Morgan fingerprint density at radius 3 is 2.85 bits per heavy atom. The minimum Gasteiger partial charge on any atom is -0.507 e. The number of hydrogen-bond donors (Lipinski definition) is 2. The number of aromatic hydroxyl groups is 1. The molecule has 2 aromatic carbocycles. The van der Waals surface area contributed by atoms with Crippen molar-refractivity contribution in [3.05, 3.63) is 71.8 Å². The summed E-state index contributed by atoms with van der Waals surface area (Å²) in [5.41, 5.74) is 4.82. The van der Waals surface area contributed by atoms with Crippen LogP contribution < -0.4 is 10.3 Å². The lowest BCUT2D eigenvalue weighted by molar-refractivity contribution is -0.117. The van der Waals surface area contributed by atoms with Crippen molar-refractivity contribution in [1.29, 1.82) is 0 Å². The number of phenolic OH excluding ortho intramolecular Hbond substituents is 1. The lowest BCUT2D eigenvalue weighted by Crippen LogP contribution is -2.24. The molecule has 1 heterocycles. The quantitative estimate of drug-likeness (QED) is 0.470. The van der Waals surface area contributed by atoms with E-state index < -0.39 is 0 Å². The molecule has 1 aliphatic heterocycles. The van der Waals surface area contributed by atoms with E-state index in [1.165, 1.54) is 6.21 Å². The maximum atomic E-state index is 12.3. The molecule has 2 aromatic rings. The number of hydrogen-bond acceptors (Lipinski definition) is 4. The number of para-hydroxylation sites is 1. The van der Waals surface area contributed by atoms with Gasteiger partial charge in [0, 0.05) is 29.8 Å². The molecular weight excluding hydrogens is 342 g/mol. The van der Waals surface area contributed by atoms with Crippen molar-refractivity contribution in [1.82, 2.24) is 5.43 Å². The standard InChI is InChI=1S/C21H21N3O3/c1-2-6-15-7-3-9-17(20(15)26)14-22-23-21(27)16-8-4-10-18(13-16)24-12-5-11-19(24)25/h2-4,7-10,13-14,26H,1,5-6,11-12H2,(H,23,27)/b22-14+. The van der Waals surface area contributed by atoms with E-state index in [4.69, 9.17) is 0 Å². The number of phenols is 1. The van der Waals surface area contributed by atoms with Gasteiger partial charge in [-0.2, -0.15) is 5.10 Å². The Labute approximate surface area is 157 Å². The smallest absolute Gasteiger partial charge is 0.271 e. The van der Waals surface area contributed by atoms with E-state index in [0.717, 1.165) is 12.0 Å². The van der Waals surface area contributed by atoms with E-state index >= 15 is 0 Å². The van der Waals surface area contributed by atoms with Gasteiger partial charge in [0.2, 0.25) is 5.91 Å². The maximum absolute atomic E-state index is 12.3. The maximum Gasteiger partial charge on any atom is 0.271 e. The summed E-state index contributed by atoms with van der Waals surface area (Å²) in [6.45, 7) is 4.33. The molecule has 2 N–H and O–H groups in total. The summed E-state index contributed by atoms with van der Waals surface area (Å²) in [6, 6.07) is 12.2. The van der Waals surface area contributed by atoms with Gasteiger partial charge < -0.3 is 10.0 Å². The van der Waals surface area contributed by atoms with Gasteiger partial charge in [-0.05, 0) is 42.7 Å². The van der Waals surface area contributed by atoms with Gasteiger partial charge in [-0.15, -0.1) is 6.58 Å². The van der Waals surface area contributed by atoms with Crippen LogP contribution in [0.5, 0.6) is 5.75 Å². The van der Waals surface area contributed by atoms with E-state index in [1.54, 1.807) is 47.4 Å². The fourth-order valence-corrected chi connectivity index (χ4v) is 3.00. The van der Waals surface area contributed by atoms with Crippen molar-refractivity contribution in [2.75, 3.05) is 11.4 Å². The molecule has 0 unspecified atom stereocenters. The number of benzene rings is 2. The fourth-order valence-electron chi connectivity index (χ4n) is 3.00. The number of carbonyl (C=O) groups is 2. The third kappa shape index (κ3) is 4.23. The number of amides is 2. The van der Waals surface area contributed by atoms with Gasteiger partial charge in [0.1, 0.15) is 5.75 Å². The van der Waals surface area contributed by atoms with Crippen molar-refractivity contribution in [2.45, 2.75) is 19.3 Å². The van der Waals surface area contributed by atoms with Crippen molar-refractivity contribution < 1.29 is 14.7 Å². The average Bonchev–Trinajstić information content (AvgIpc) is 3.11. The summed E-state index contributed by atoms with van der Waals surface area (Å²) in [7, 11) is 0.